The van der Waals surface area contributed by atoms with Crippen LogP contribution in [0.15, 0.2) is 18.3 Å². The Bertz CT molecular complexity index is 1020. The lowest BCUT2D eigenvalue weighted by Gasteiger charge is -2.37. The quantitative estimate of drug-likeness (QED) is 0.783. The van der Waals surface area contributed by atoms with E-state index in [1.807, 2.05) is 11.8 Å². The number of nitrogens with zero attached hydrogens (tertiary/aromatic N) is 4. The maximum Gasteiger partial charge on any atom is 0.356 e. The minimum absolute atomic E-state index is 0.00491. The molecule has 0 radical (unpaired) electrons. The molecule has 5 rings (SSSR count). The third kappa shape index (κ3) is 3.33. The number of hydrogen-bond acceptors (Lipinski definition) is 5. The summed E-state index contributed by atoms with van der Waals surface area (Å²) in [4.78, 5) is 30.6. The number of hydrogen-bond donors (Lipinski definition) is 1. The Hall–Kier alpha value is -2.61. The molecule has 9 heteroatoms. The van der Waals surface area contributed by atoms with Crippen molar-refractivity contribution < 1.29 is 19.4 Å². The van der Waals surface area contributed by atoms with Crippen molar-refractivity contribution in [3.63, 3.8) is 0 Å². The zero-order valence-corrected chi connectivity index (χ0v) is 17.4. The van der Waals surface area contributed by atoms with Crippen LogP contribution in [0.1, 0.15) is 53.8 Å². The molecule has 0 bridgehead atoms. The molecule has 1 amide bonds. The van der Waals surface area contributed by atoms with Crippen LogP contribution in [-0.4, -0.2) is 55.3 Å². The number of carboxylic acids is 1. The number of pyridine rings is 1. The lowest BCUT2D eigenvalue weighted by atomic mass is 10.0. The second kappa shape index (κ2) is 7.27. The summed E-state index contributed by atoms with van der Waals surface area (Å²) in [5.41, 5.74) is 1.90. The minimum Gasteiger partial charge on any atom is -0.476 e. The van der Waals surface area contributed by atoms with E-state index in [9.17, 15) is 14.7 Å². The monoisotopic (exact) mass is 430 g/mol. The summed E-state index contributed by atoms with van der Waals surface area (Å²) in [7, 11) is 0. The van der Waals surface area contributed by atoms with Gasteiger partial charge in [-0.25, -0.2) is 9.78 Å². The topological polar surface area (TPSA) is 97.5 Å². The average Bonchev–Trinajstić information content (AvgIpc) is 3.22. The molecule has 2 aromatic heterocycles. The van der Waals surface area contributed by atoms with E-state index in [0.717, 1.165) is 24.1 Å². The minimum atomic E-state index is -1.01. The van der Waals surface area contributed by atoms with E-state index in [1.54, 1.807) is 23.0 Å². The Balaban J connectivity index is 1.25. The van der Waals surface area contributed by atoms with E-state index in [-0.39, 0.29) is 30.3 Å². The number of likely N-dealkylation sites (tertiary alicyclic amines) is 1. The van der Waals surface area contributed by atoms with Gasteiger partial charge in [-0.3, -0.25) is 9.48 Å². The summed E-state index contributed by atoms with van der Waals surface area (Å²) < 4.78 is 7.57. The van der Waals surface area contributed by atoms with Gasteiger partial charge in [0.05, 0.1) is 0 Å². The Morgan fingerprint density at radius 3 is 2.93 bits per heavy atom. The third-order valence-electron chi connectivity index (χ3n) is 6.49. The number of aromatic nitrogens is 3. The summed E-state index contributed by atoms with van der Waals surface area (Å²) in [6.07, 6.45) is 4.81. The first kappa shape index (κ1) is 19.4. The molecule has 0 spiro atoms. The molecule has 1 saturated heterocycles. The van der Waals surface area contributed by atoms with Crippen molar-refractivity contribution in [2.75, 3.05) is 6.54 Å². The number of halogens is 1. The first-order valence-corrected chi connectivity index (χ1v) is 10.7. The molecule has 3 heterocycles. The van der Waals surface area contributed by atoms with Gasteiger partial charge < -0.3 is 14.7 Å². The number of amides is 1. The molecule has 158 valence electrons. The van der Waals surface area contributed by atoms with Gasteiger partial charge in [-0.05, 0) is 43.7 Å². The second-order valence-corrected chi connectivity index (χ2v) is 8.88. The van der Waals surface area contributed by atoms with Gasteiger partial charge in [0.2, 0.25) is 11.8 Å². The number of carbonyl (C=O) groups is 2. The van der Waals surface area contributed by atoms with Gasteiger partial charge in [0.15, 0.2) is 5.69 Å². The number of rotatable bonds is 5. The van der Waals surface area contributed by atoms with Gasteiger partial charge in [-0.15, -0.1) is 0 Å². The average molecular weight is 431 g/mol. The summed E-state index contributed by atoms with van der Waals surface area (Å²) in [6, 6.07) is 3.49. The van der Waals surface area contributed by atoms with Crippen LogP contribution in [0, 0.1) is 5.92 Å². The molecule has 2 fully saturated rings. The lowest BCUT2D eigenvalue weighted by molar-refractivity contribution is -0.136. The fourth-order valence-electron chi connectivity index (χ4n) is 4.92. The van der Waals surface area contributed by atoms with Gasteiger partial charge in [0.25, 0.3) is 0 Å². The largest absolute Gasteiger partial charge is 0.476 e. The predicted molar refractivity (Wildman–Crippen MR) is 108 cm³/mol. The highest BCUT2D eigenvalue weighted by Gasteiger charge is 2.50. The Morgan fingerprint density at radius 1 is 1.37 bits per heavy atom. The smallest absolute Gasteiger partial charge is 0.356 e. The summed E-state index contributed by atoms with van der Waals surface area (Å²) in [6.45, 7) is 2.64. The highest BCUT2D eigenvalue weighted by molar-refractivity contribution is 6.31. The molecule has 1 saturated carbocycles. The molecule has 4 atom stereocenters. The van der Waals surface area contributed by atoms with Gasteiger partial charge in [0, 0.05) is 42.9 Å². The van der Waals surface area contributed by atoms with Crippen molar-refractivity contribution >= 4 is 23.5 Å². The first-order chi connectivity index (χ1) is 14.4. The zero-order valence-electron chi connectivity index (χ0n) is 16.6. The first-order valence-electron chi connectivity index (χ1n) is 10.3. The highest BCUT2D eigenvalue weighted by atomic mass is 35.5. The van der Waals surface area contributed by atoms with Gasteiger partial charge >= 0.3 is 5.97 Å². The van der Waals surface area contributed by atoms with Crippen molar-refractivity contribution in [1.82, 2.24) is 19.7 Å². The van der Waals surface area contributed by atoms with Crippen LogP contribution in [0.4, 0.5) is 0 Å². The van der Waals surface area contributed by atoms with Crippen LogP contribution < -0.4 is 4.74 Å². The van der Waals surface area contributed by atoms with E-state index in [4.69, 9.17) is 16.3 Å². The van der Waals surface area contributed by atoms with E-state index >= 15 is 0 Å². The lowest BCUT2D eigenvalue weighted by Crippen LogP contribution is -2.48. The number of ether oxygens (including phenoxy) is 1. The van der Waals surface area contributed by atoms with E-state index < -0.39 is 5.97 Å². The maximum absolute atomic E-state index is 13.0. The Kier molecular flexibility index (Phi) is 4.69. The number of fused-ring (bicyclic) bond motifs is 3. The van der Waals surface area contributed by atoms with Crippen LogP contribution in [0.25, 0.3) is 0 Å². The fourth-order valence-corrected chi connectivity index (χ4v) is 5.09. The highest BCUT2D eigenvalue weighted by Crippen LogP contribution is 2.57. The fraction of sp³-hybridized carbons (Fsp3) is 0.524. The van der Waals surface area contributed by atoms with Crippen molar-refractivity contribution in [1.29, 1.82) is 0 Å². The molecule has 1 aliphatic heterocycles. The molecular formula is C21H23ClN4O4. The number of piperidine rings is 1. The maximum atomic E-state index is 13.0. The third-order valence-corrected chi connectivity index (χ3v) is 6.77. The molecule has 2 unspecified atom stereocenters. The van der Waals surface area contributed by atoms with E-state index in [2.05, 4.69) is 10.1 Å². The molecule has 8 nitrogen and oxygen atoms in total. The molecule has 2 aliphatic carbocycles. The summed E-state index contributed by atoms with van der Waals surface area (Å²) >= 11 is 6.13. The van der Waals surface area contributed by atoms with Crippen LogP contribution >= 0.6 is 11.6 Å². The molecule has 2 aromatic rings. The molecule has 3 aliphatic rings. The van der Waals surface area contributed by atoms with Gasteiger partial charge in [0.1, 0.15) is 17.7 Å². The zero-order chi connectivity index (χ0) is 21.0. The van der Waals surface area contributed by atoms with Crippen molar-refractivity contribution in [3.8, 4) is 5.88 Å². The predicted octanol–water partition coefficient (Wildman–Crippen LogP) is 2.75. The molecule has 30 heavy (non-hydrogen) atoms. The number of carboxylic acid groups (broad SMARTS) is 1. The second-order valence-electron chi connectivity index (χ2n) is 8.47. The Morgan fingerprint density at radius 2 is 2.20 bits per heavy atom. The van der Waals surface area contributed by atoms with Crippen molar-refractivity contribution in [2.24, 2.45) is 5.92 Å². The Labute approximate surface area is 178 Å². The van der Waals surface area contributed by atoms with Crippen LogP contribution in [-0.2, 0) is 17.8 Å². The van der Waals surface area contributed by atoms with Gasteiger partial charge in [-0.1, -0.05) is 11.6 Å². The van der Waals surface area contributed by atoms with Crippen LogP contribution in [0.2, 0.25) is 5.02 Å². The molecule has 1 N–H and O–H groups in total. The normalized spacial score (nSPS) is 26.8. The van der Waals surface area contributed by atoms with E-state index in [1.165, 1.54) is 0 Å². The molecule has 0 aromatic carbocycles. The molecular weight excluding hydrogens is 408 g/mol. The van der Waals surface area contributed by atoms with Gasteiger partial charge in [-0.2, -0.15) is 5.10 Å². The number of aromatic carboxylic acids is 1. The SMILES string of the molecule is C[C@H]1C[C@@H](Oc2ncccc2Cl)CCN1C(=O)Cn1nc(C(=O)O)c2c1CC1CC21. The van der Waals surface area contributed by atoms with Crippen molar-refractivity contribution in [2.45, 2.75) is 57.2 Å². The van der Waals surface area contributed by atoms with E-state index in [0.29, 0.717) is 42.1 Å². The van der Waals surface area contributed by atoms with Crippen LogP contribution in [0.3, 0.4) is 0 Å². The number of carbonyl (C=O) groups excluding carboxylic acids is 1. The van der Waals surface area contributed by atoms with Crippen LogP contribution in [0.5, 0.6) is 5.88 Å². The van der Waals surface area contributed by atoms with Crippen molar-refractivity contribution in [3.05, 3.63) is 40.3 Å². The summed E-state index contributed by atoms with van der Waals surface area (Å²) in [5.74, 6) is 0.218. The standard InChI is InChI=1S/C21H23ClN4O4/c1-11-7-13(30-20-15(22)3-2-5-23-20)4-6-25(11)17(27)10-26-16-9-12-8-14(12)18(16)19(24-26)21(28)29/h2-3,5,11-14H,4,6-10H2,1H3,(H,28,29)/t11-,12?,13-,14?/m0/s1. The summed E-state index contributed by atoms with van der Waals surface area (Å²) in [5, 5.41) is 14.2.